The predicted molar refractivity (Wildman–Crippen MR) is 157 cm³/mol. The van der Waals surface area contributed by atoms with Crippen molar-refractivity contribution in [1.82, 2.24) is 0 Å². The van der Waals surface area contributed by atoms with E-state index in [9.17, 15) is 0 Å². The Kier molecular flexibility index (Phi) is 9.58. The van der Waals surface area contributed by atoms with Crippen LogP contribution in [0.5, 0.6) is 5.75 Å². The van der Waals surface area contributed by atoms with Crippen LogP contribution in [-0.4, -0.2) is 27.9 Å². The quantitative estimate of drug-likeness (QED) is 0.326. The molecular formula is C33H50O3Si. The van der Waals surface area contributed by atoms with Gasteiger partial charge >= 0.3 is 8.56 Å². The van der Waals surface area contributed by atoms with Crippen LogP contribution in [0.4, 0.5) is 0 Å². The molecule has 4 heteroatoms. The lowest BCUT2D eigenvalue weighted by Gasteiger charge is -2.47. The minimum Gasteiger partial charge on any atom is -0.497 e. The van der Waals surface area contributed by atoms with Gasteiger partial charge in [-0.25, -0.2) is 0 Å². The molecule has 4 rings (SSSR count). The molecule has 0 spiro atoms. The molecule has 2 fully saturated rings. The minimum atomic E-state index is -3.15. The number of rotatable bonds is 9. The summed E-state index contributed by atoms with van der Waals surface area (Å²) in [5.41, 5.74) is 0. The topological polar surface area (TPSA) is 27.7 Å². The molecule has 6 unspecified atom stereocenters. The van der Waals surface area contributed by atoms with E-state index in [1.807, 2.05) is 0 Å². The highest BCUT2D eigenvalue weighted by molar-refractivity contribution is 6.93. The molecule has 0 bridgehead atoms. The smallest absolute Gasteiger partial charge is 0.411 e. The van der Waals surface area contributed by atoms with E-state index in [-0.39, 0.29) is 12.2 Å². The van der Waals surface area contributed by atoms with Crippen LogP contribution in [0.3, 0.4) is 0 Å². The summed E-state index contributed by atoms with van der Waals surface area (Å²) in [4.78, 5) is 0. The Morgan fingerprint density at radius 2 is 1.16 bits per heavy atom. The van der Waals surface area contributed by atoms with Crippen molar-refractivity contribution in [1.29, 1.82) is 0 Å². The molecule has 3 nitrogen and oxygen atoms in total. The Bertz CT molecular complexity index is 941. The molecule has 2 saturated carbocycles. The van der Waals surface area contributed by atoms with Crippen LogP contribution >= 0.6 is 0 Å². The first-order valence-corrected chi connectivity index (χ1v) is 16.6. The number of hydrogen-bond acceptors (Lipinski definition) is 3. The maximum Gasteiger partial charge on any atom is 0.411 e. The van der Waals surface area contributed by atoms with Crippen molar-refractivity contribution in [2.45, 2.75) is 92.3 Å². The van der Waals surface area contributed by atoms with Gasteiger partial charge in [0.15, 0.2) is 0 Å². The van der Waals surface area contributed by atoms with Crippen molar-refractivity contribution in [3.63, 3.8) is 0 Å². The highest BCUT2D eigenvalue weighted by atomic mass is 28.4. The van der Waals surface area contributed by atoms with E-state index in [1.54, 1.807) is 7.11 Å². The Morgan fingerprint density at radius 3 is 1.65 bits per heavy atom. The van der Waals surface area contributed by atoms with Crippen molar-refractivity contribution < 1.29 is 13.6 Å². The Hall–Kier alpha value is -1.62. The fourth-order valence-corrected chi connectivity index (χ4v) is 10.7. The van der Waals surface area contributed by atoms with Gasteiger partial charge < -0.3 is 13.6 Å². The van der Waals surface area contributed by atoms with Crippen LogP contribution in [0.15, 0.2) is 54.6 Å². The fraction of sp³-hybridized carbons (Fsp3) is 0.636. The molecule has 2 aliphatic rings. The zero-order chi connectivity index (χ0) is 26.6. The number of para-hydroxylation sites is 1. The maximum absolute atomic E-state index is 7.64. The summed E-state index contributed by atoms with van der Waals surface area (Å²) in [6, 6.07) is 19.4. The summed E-state index contributed by atoms with van der Waals surface area (Å²) in [7, 11) is -1.37. The Balaban J connectivity index is 1.89. The van der Waals surface area contributed by atoms with Crippen molar-refractivity contribution in [3.05, 3.63) is 54.6 Å². The molecule has 204 valence electrons. The molecule has 0 radical (unpaired) electrons. The summed E-state index contributed by atoms with van der Waals surface area (Å²) < 4.78 is 21.3. The summed E-state index contributed by atoms with van der Waals surface area (Å²) in [6.07, 6.45) is 7.57. The van der Waals surface area contributed by atoms with Crippen LogP contribution < -0.4 is 15.1 Å². The summed E-state index contributed by atoms with van der Waals surface area (Å²) in [5.74, 6) is 4.45. The summed E-state index contributed by atoms with van der Waals surface area (Å²) in [6.45, 7) is 14.2. The highest BCUT2D eigenvalue weighted by Crippen LogP contribution is 2.40. The monoisotopic (exact) mass is 522 g/mol. The summed E-state index contributed by atoms with van der Waals surface area (Å²) >= 11 is 0. The average Bonchev–Trinajstić information content (AvgIpc) is 2.88. The van der Waals surface area contributed by atoms with E-state index < -0.39 is 8.56 Å². The van der Waals surface area contributed by atoms with Crippen LogP contribution in [0.1, 0.15) is 80.1 Å². The zero-order valence-corrected chi connectivity index (χ0v) is 25.3. The van der Waals surface area contributed by atoms with Gasteiger partial charge in [0.05, 0.1) is 19.3 Å². The zero-order valence-electron chi connectivity index (χ0n) is 24.3. The Morgan fingerprint density at radius 1 is 0.676 bits per heavy atom. The van der Waals surface area contributed by atoms with Gasteiger partial charge in [-0.2, -0.15) is 0 Å². The van der Waals surface area contributed by atoms with Gasteiger partial charge in [-0.3, -0.25) is 0 Å². The van der Waals surface area contributed by atoms with Crippen LogP contribution in [0, 0.1) is 35.5 Å². The normalized spacial score (nSPS) is 30.3. The third kappa shape index (κ3) is 6.34. The second-order valence-corrected chi connectivity index (χ2v) is 15.5. The molecule has 0 aliphatic heterocycles. The van der Waals surface area contributed by atoms with Gasteiger partial charge in [-0.1, -0.05) is 103 Å². The fourth-order valence-electron chi connectivity index (χ4n) is 6.95. The number of ether oxygens (including phenoxy) is 1. The second-order valence-electron chi connectivity index (χ2n) is 12.6. The number of hydrogen-bond donors (Lipinski definition) is 0. The minimum absolute atomic E-state index is 0.180. The van der Waals surface area contributed by atoms with Gasteiger partial charge in [0.2, 0.25) is 0 Å². The van der Waals surface area contributed by atoms with E-state index >= 15 is 0 Å². The predicted octanol–water partition coefficient (Wildman–Crippen LogP) is 7.21. The number of benzene rings is 2. The molecular weight excluding hydrogens is 472 g/mol. The lowest BCUT2D eigenvalue weighted by molar-refractivity contribution is -0.0179. The maximum atomic E-state index is 7.64. The van der Waals surface area contributed by atoms with Crippen molar-refractivity contribution >= 4 is 18.9 Å². The van der Waals surface area contributed by atoms with E-state index in [2.05, 4.69) is 96.1 Å². The molecule has 0 heterocycles. The SMILES string of the molecule is COc1ccccc1[Si](OC1CC(C)CCC1C(C)C)(OC1CC(C)CCC1C(C)C)c1ccccc1. The van der Waals surface area contributed by atoms with Gasteiger partial charge in [0, 0.05) is 5.19 Å². The number of methoxy groups -OCH3 is 1. The molecule has 2 aliphatic carbocycles. The first-order chi connectivity index (χ1) is 17.7. The molecule has 2 aromatic rings. The lowest BCUT2D eigenvalue weighted by atomic mass is 9.75. The highest BCUT2D eigenvalue weighted by Gasteiger charge is 2.52. The third-order valence-corrected chi connectivity index (χ3v) is 12.7. The summed E-state index contributed by atoms with van der Waals surface area (Å²) in [5, 5.41) is 2.31. The third-order valence-electron chi connectivity index (χ3n) is 9.17. The van der Waals surface area contributed by atoms with Crippen LogP contribution in [0.25, 0.3) is 0 Å². The van der Waals surface area contributed by atoms with Crippen molar-refractivity contribution in [3.8, 4) is 5.75 Å². The molecule has 37 heavy (non-hydrogen) atoms. The van der Waals surface area contributed by atoms with E-state index in [0.29, 0.717) is 35.5 Å². The molecule has 0 aromatic heterocycles. The molecule has 0 amide bonds. The first-order valence-electron chi connectivity index (χ1n) is 14.8. The van der Waals surface area contributed by atoms with Gasteiger partial charge in [0.1, 0.15) is 5.75 Å². The van der Waals surface area contributed by atoms with Crippen LogP contribution in [-0.2, 0) is 8.85 Å². The first kappa shape index (κ1) is 28.4. The Labute approximate surface area is 227 Å². The lowest BCUT2D eigenvalue weighted by Crippen LogP contribution is -2.68. The van der Waals surface area contributed by atoms with Crippen molar-refractivity contribution in [2.75, 3.05) is 7.11 Å². The largest absolute Gasteiger partial charge is 0.497 e. The van der Waals surface area contributed by atoms with Gasteiger partial charge in [0.25, 0.3) is 0 Å². The van der Waals surface area contributed by atoms with E-state index in [4.69, 9.17) is 13.6 Å². The van der Waals surface area contributed by atoms with E-state index in [0.717, 1.165) is 23.8 Å². The van der Waals surface area contributed by atoms with Gasteiger partial charge in [-0.05, 0) is 72.4 Å². The standard InChI is InChI=1S/C33H50O3Si/c1-23(2)28-19-17-25(5)21-31(28)35-37(27-13-9-8-10-14-27,33-16-12-11-15-30(33)34-7)36-32-22-26(6)18-20-29(32)24(3)4/h8-16,23-26,28-29,31-32H,17-22H2,1-7H3. The molecule has 0 saturated heterocycles. The average molecular weight is 523 g/mol. The van der Waals surface area contributed by atoms with Crippen LogP contribution in [0.2, 0.25) is 0 Å². The van der Waals surface area contributed by atoms with Crippen molar-refractivity contribution in [2.24, 2.45) is 35.5 Å². The van der Waals surface area contributed by atoms with E-state index in [1.165, 1.54) is 30.9 Å². The molecule has 6 atom stereocenters. The second kappa shape index (κ2) is 12.5. The molecule has 0 N–H and O–H groups in total. The molecule has 2 aromatic carbocycles. The van der Waals surface area contributed by atoms with Gasteiger partial charge in [-0.15, -0.1) is 0 Å².